The van der Waals surface area contributed by atoms with Crippen molar-refractivity contribution in [1.82, 2.24) is 0 Å². The molecule has 1 heteroatoms. The average molecular weight is 170 g/mol. The summed E-state index contributed by atoms with van der Waals surface area (Å²) in [6.07, 6.45) is 8.36. The zero-order chi connectivity index (χ0) is 9.82. The molecule has 1 nitrogen and oxygen atoms in total. The Labute approximate surface area is 77.1 Å². The van der Waals surface area contributed by atoms with Crippen LogP contribution in [0.4, 0.5) is 0 Å². The van der Waals surface area contributed by atoms with Crippen LogP contribution in [0.3, 0.4) is 0 Å². The van der Waals surface area contributed by atoms with E-state index in [4.69, 9.17) is 4.74 Å². The first-order chi connectivity index (χ1) is 5.93. The first kappa shape index (κ1) is 13.8. The standard InChI is InChI=1S/C7H10O.2C2H6/c1-8-7-5-3-2-4-6-7;2*1-2/h2-3,5H,4,6H2,1H3;2*1-2H3. The molecule has 0 bridgehead atoms. The zero-order valence-electron chi connectivity index (χ0n) is 9.05. The minimum absolute atomic E-state index is 1.06. The summed E-state index contributed by atoms with van der Waals surface area (Å²) < 4.78 is 5.00. The van der Waals surface area contributed by atoms with Gasteiger partial charge in [-0.1, -0.05) is 39.8 Å². The summed E-state index contributed by atoms with van der Waals surface area (Å²) in [5, 5.41) is 0. The number of rotatable bonds is 1. The van der Waals surface area contributed by atoms with Crippen LogP contribution in [-0.2, 0) is 4.74 Å². The van der Waals surface area contributed by atoms with E-state index >= 15 is 0 Å². The average Bonchev–Trinajstić information content (AvgIpc) is 2.25. The van der Waals surface area contributed by atoms with Gasteiger partial charge in [0.2, 0.25) is 0 Å². The topological polar surface area (TPSA) is 9.23 Å². The highest BCUT2D eigenvalue weighted by Gasteiger charge is 1.94. The van der Waals surface area contributed by atoms with Crippen LogP contribution in [0.25, 0.3) is 0 Å². The predicted octanol–water partition coefficient (Wildman–Crippen LogP) is 3.92. The maximum Gasteiger partial charge on any atom is 0.0958 e. The van der Waals surface area contributed by atoms with Crippen LogP contribution < -0.4 is 0 Å². The number of hydrogen-bond acceptors (Lipinski definition) is 1. The van der Waals surface area contributed by atoms with Gasteiger partial charge in [-0.15, -0.1) is 0 Å². The van der Waals surface area contributed by atoms with Crippen LogP contribution in [0, 0.1) is 0 Å². The third-order valence-electron chi connectivity index (χ3n) is 1.24. The molecule has 0 heterocycles. The van der Waals surface area contributed by atoms with Crippen molar-refractivity contribution >= 4 is 0 Å². The van der Waals surface area contributed by atoms with Crippen LogP contribution in [0.15, 0.2) is 24.0 Å². The van der Waals surface area contributed by atoms with E-state index in [0.29, 0.717) is 0 Å². The van der Waals surface area contributed by atoms with Gasteiger partial charge in [0.1, 0.15) is 0 Å². The van der Waals surface area contributed by atoms with E-state index < -0.39 is 0 Å². The van der Waals surface area contributed by atoms with Crippen molar-refractivity contribution in [3.8, 4) is 0 Å². The molecule has 0 aliphatic heterocycles. The number of allylic oxidation sites excluding steroid dienone is 4. The largest absolute Gasteiger partial charge is 0.501 e. The van der Waals surface area contributed by atoms with E-state index in [-0.39, 0.29) is 0 Å². The van der Waals surface area contributed by atoms with Crippen molar-refractivity contribution in [2.45, 2.75) is 40.5 Å². The van der Waals surface area contributed by atoms with Crippen molar-refractivity contribution in [2.24, 2.45) is 0 Å². The van der Waals surface area contributed by atoms with Crippen LogP contribution in [-0.4, -0.2) is 7.11 Å². The van der Waals surface area contributed by atoms with Crippen molar-refractivity contribution in [3.63, 3.8) is 0 Å². The second-order valence-corrected chi connectivity index (χ2v) is 1.80. The fraction of sp³-hybridized carbons (Fsp3) is 0.636. The molecule has 0 amide bonds. The predicted molar refractivity (Wildman–Crippen MR) is 56.2 cm³/mol. The van der Waals surface area contributed by atoms with Crippen molar-refractivity contribution in [2.75, 3.05) is 7.11 Å². The van der Waals surface area contributed by atoms with Gasteiger partial charge in [0, 0.05) is 6.42 Å². The molecule has 0 aromatic carbocycles. The van der Waals surface area contributed by atoms with Gasteiger partial charge < -0.3 is 4.74 Å². The normalized spacial score (nSPS) is 12.9. The molecule has 0 radical (unpaired) electrons. The molecule has 0 fully saturated rings. The summed E-state index contributed by atoms with van der Waals surface area (Å²) in [6.45, 7) is 8.00. The summed E-state index contributed by atoms with van der Waals surface area (Å²) in [7, 11) is 1.71. The van der Waals surface area contributed by atoms with E-state index in [2.05, 4.69) is 6.08 Å². The number of ether oxygens (including phenoxy) is 1. The van der Waals surface area contributed by atoms with E-state index in [0.717, 1.165) is 18.6 Å². The van der Waals surface area contributed by atoms with Gasteiger partial charge >= 0.3 is 0 Å². The molecule has 0 saturated carbocycles. The highest BCUT2D eigenvalue weighted by atomic mass is 16.5. The molecular weight excluding hydrogens is 148 g/mol. The van der Waals surface area contributed by atoms with Gasteiger partial charge in [-0.25, -0.2) is 0 Å². The summed E-state index contributed by atoms with van der Waals surface area (Å²) in [6, 6.07) is 0. The van der Waals surface area contributed by atoms with Gasteiger partial charge in [0.05, 0.1) is 12.9 Å². The summed E-state index contributed by atoms with van der Waals surface area (Å²) in [5.41, 5.74) is 0. The third-order valence-corrected chi connectivity index (χ3v) is 1.24. The van der Waals surface area contributed by atoms with E-state index in [9.17, 15) is 0 Å². The maximum atomic E-state index is 5.00. The lowest BCUT2D eigenvalue weighted by atomic mass is 10.2. The molecule has 1 aliphatic rings. The molecule has 0 saturated heterocycles. The van der Waals surface area contributed by atoms with Crippen molar-refractivity contribution in [1.29, 1.82) is 0 Å². The molecule has 0 N–H and O–H groups in total. The van der Waals surface area contributed by atoms with Gasteiger partial charge in [-0.3, -0.25) is 0 Å². The smallest absolute Gasteiger partial charge is 0.0958 e. The molecular formula is C11H22O. The Hall–Kier alpha value is -0.720. The first-order valence-electron chi connectivity index (χ1n) is 4.83. The lowest BCUT2D eigenvalue weighted by Gasteiger charge is -2.05. The Morgan fingerprint density at radius 2 is 1.75 bits per heavy atom. The molecule has 72 valence electrons. The Morgan fingerprint density at radius 3 is 2.00 bits per heavy atom. The molecule has 0 spiro atoms. The lowest BCUT2D eigenvalue weighted by molar-refractivity contribution is 0.276. The number of hydrogen-bond donors (Lipinski definition) is 0. The van der Waals surface area contributed by atoms with Gasteiger partial charge in [0.25, 0.3) is 0 Å². The van der Waals surface area contributed by atoms with Gasteiger partial charge in [0.15, 0.2) is 0 Å². The molecule has 0 aromatic rings. The van der Waals surface area contributed by atoms with Crippen LogP contribution >= 0.6 is 0 Å². The first-order valence-corrected chi connectivity index (χ1v) is 4.83. The zero-order valence-corrected chi connectivity index (χ0v) is 9.05. The monoisotopic (exact) mass is 170 g/mol. The van der Waals surface area contributed by atoms with Gasteiger partial charge in [-0.05, 0) is 12.5 Å². The maximum absolute atomic E-state index is 5.00. The summed E-state index contributed by atoms with van der Waals surface area (Å²) >= 11 is 0. The Morgan fingerprint density at radius 1 is 1.17 bits per heavy atom. The summed E-state index contributed by atoms with van der Waals surface area (Å²) in [4.78, 5) is 0. The van der Waals surface area contributed by atoms with Crippen molar-refractivity contribution < 1.29 is 4.74 Å². The minimum Gasteiger partial charge on any atom is -0.501 e. The highest BCUT2D eigenvalue weighted by Crippen LogP contribution is 2.10. The second kappa shape index (κ2) is 12.9. The van der Waals surface area contributed by atoms with E-state index in [1.165, 1.54) is 0 Å². The fourth-order valence-corrected chi connectivity index (χ4v) is 0.751. The SMILES string of the molecule is CC.CC.COC1=CC=CCC1. The van der Waals surface area contributed by atoms with Crippen LogP contribution in [0.5, 0.6) is 0 Å². The minimum atomic E-state index is 1.06. The van der Waals surface area contributed by atoms with E-state index in [1.807, 2.05) is 39.8 Å². The molecule has 0 atom stereocenters. The quantitative estimate of drug-likeness (QED) is 0.579. The Kier molecular flexibility index (Phi) is 14.9. The molecule has 12 heavy (non-hydrogen) atoms. The van der Waals surface area contributed by atoms with Gasteiger partial charge in [-0.2, -0.15) is 0 Å². The Balaban J connectivity index is 0. The van der Waals surface area contributed by atoms with E-state index in [1.54, 1.807) is 7.11 Å². The molecule has 1 rings (SSSR count). The molecule has 0 unspecified atom stereocenters. The fourth-order valence-electron chi connectivity index (χ4n) is 0.751. The summed E-state index contributed by atoms with van der Waals surface area (Å²) in [5.74, 6) is 1.09. The number of methoxy groups -OCH3 is 1. The Bertz CT molecular complexity index is 123. The van der Waals surface area contributed by atoms with Crippen molar-refractivity contribution in [3.05, 3.63) is 24.0 Å². The second-order valence-electron chi connectivity index (χ2n) is 1.80. The van der Waals surface area contributed by atoms with Crippen LogP contribution in [0.1, 0.15) is 40.5 Å². The third kappa shape index (κ3) is 7.39. The molecule has 0 aromatic heterocycles. The highest BCUT2D eigenvalue weighted by molar-refractivity contribution is 5.12. The lowest BCUT2D eigenvalue weighted by Crippen LogP contribution is -1.87. The molecule has 1 aliphatic carbocycles. The van der Waals surface area contributed by atoms with Crippen LogP contribution in [0.2, 0.25) is 0 Å².